The van der Waals surface area contributed by atoms with Crippen molar-refractivity contribution in [1.29, 1.82) is 0 Å². The molecule has 70 valence electrons. The Bertz CT molecular complexity index is 332. The molecule has 0 unspecified atom stereocenters. The molecule has 0 spiro atoms. The molecule has 0 bridgehead atoms. The Balaban J connectivity index is 3.05. The summed E-state index contributed by atoms with van der Waals surface area (Å²) < 4.78 is 12.1. The summed E-state index contributed by atoms with van der Waals surface area (Å²) in [5.41, 5.74) is 2.19. The summed E-state index contributed by atoms with van der Waals surface area (Å²) >= 11 is 5.64. The third kappa shape index (κ3) is 2.13. The fraction of sp³-hybridized carbons (Fsp3) is 0.143. The quantitative estimate of drug-likeness (QED) is 0.425. The number of hydrazine groups is 1. The van der Waals surface area contributed by atoms with Gasteiger partial charge in [-0.2, -0.15) is 0 Å². The number of nitrogens with zero attached hydrogens (tertiary/aromatic N) is 1. The molecule has 0 saturated carbocycles. The average molecular weight is 204 g/mol. The number of nitrogens with two attached hydrogens (primary N) is 1. The van der Waals surface area contributed by atoms with Gasteiger partial charge in [-0.1, -0.05) is 11.6 Å². The average Bonchev–Trinajstić information content (AvgIpc) is 2.16. The maximum Gasteiger partial charge on any atom is 0.285 e. The van der Waals surface area contributed by atoms with E-state index in [0.717, 1.165) is 0 Å². The summed E-state index contributed by atoms with van der Waals surface area (Å²) in [7, 11) is 0. The number of carbonyl (C=O) groups excluding carboxylic acids is 1. The van der Waals surface area contributed by atoms with Crippen LogP contribution in [0.15, 0.2) is 12.3 Å². The lowest BCUT2D eigenvalue weighted by molar-refractivity contribution is 0.0949. The Labute approximate surface area is 78.9 Å². The molecule has 0 atom stereocenters. The fourth-order valence-electron chi connectivity index (χ4n) is 0.786. The maximum atomic E-state index is 12.1. The van der Waals surface area contributed by atoms with Gasteiger partial charge in [-0.15, -0.1) is 0 Å². The topological polar surface area (TPSA) is 68.0 Å². The van der Waals surface area contributed by atoms with Crippen LogP contribution in [0.25, 0.3) is 0 Å². The number of rotatable bonds is 2. The maximum absolute atomic E-state index is 12.1. The lowest BCUT2D eigenvalue weighted by Gasteiger charge is -2.02. The van der Waals surface area contributed by atoms with E-state index < -0.39 is 12.6 Å². The minimum atomic E-state index is -0.669. The van der Waals surface area contributed by atoms with Gasteiger partial charge < -0.3 is 0 Å². The molecule has 0 aromatic carbocycles. The molecule has 1 amide bonds. The second kappa shape index (κ2) is 4.15. The molecule has 4 nitrogen and oxygen atoms in total. The van der Waals surface area contributed by atoms with Crippen LogP contribution in [0.4, 0.5) is 4.39 Å². The number of hydrogen-bond acceptors (Lipinski definition) is 3. The number of nitrogen functional groups attached to an aromatic ring is 1. The number of amides is 1. The molecule has 0 aliphatic carbocycles. The van der Waals surface area contributed by atoms with Crippen LogP contribution in [0.1, 0.15) is 16.1 Å². The van der Waals surface area contributed by atoms with Crippen LogP contribution in [-0.4, -0.2) is 10.9 Å². The van der Waals surface area contributed by atoms with Gasteiger partial charge in [0.2, 0.25) is 0 Å². The lowest BCUT2D eigenvalue weighted by atomic mass is 10.2. The van der Waals surface area contributed by atoms with Crippen molar-refractivity contribution < 1.29 is 9.18 Å². The van der Waals surface area contributed by atoms with E-state index in [-0.39, 0.29) is 10.7 Å². The summed E-state index contributed by atoms with van der Waals surface area (Å²) in [6.45, 7) is -0.669. The van der Waals surface area contributed by atoms with Crippen LogP contribution in [0.2, 0.25) is 5.02 Å². The zero-order valence-electron chi connectivity index (χ0n) is 6.55. The molecule has 0 aliphatic rings. The first-order chi connectivity index (χ1) is 6.19. The molecular formula is C7H7ClFN3O. The molecule has 1 aromatic heterocycles. The third-order valence-electron chi connectivity index (χ3n) is 1.40. The number of aromatic nitrogens is 1. The number of hydrogen-bond donors (Lipinski definition) is 2. The van der Waals surface area contributed by atoms with Gasteiger partial charge in [-0.05, 0) is 6.07 Å². The molecule has 0 aliphatic heterocycles. The predicted molar refractivity (Wildman–Crippen MR) is 45.7 cm³/mol. The molecule has 0 radical (unpaired) electrons. The molecule has 0 fully saturated rings. The minimum Gasteiger partial charge on any atom is -0.289 e. The molecule has 6 heteroatoms. The van der Waals surface area contributed by atoms with E-state index in [4.69, 9.17) is 17.4 Å². The van der Waals surface area contributed by atoms with Gasteiger partial charge in [0.1, 0.15) is 12.4 Å². The summed E-state index contributed by atoms with van der Waals surface area (Å²) in [4.78, 5) is 14.6. The highest BCUT2D eigenvalue weighted by Gasteiger charge is 2.10. The molecular weight excluding hydrogens is 197 g/mol. The number of alkyl halides is 1. The highest BCUT2D eigenvalue weighted by Crippen LogP contribution is 2.15. The smallest absolute Gasteiger partial charge is 0.285 e. The van der Waals surface area contributed by atoms with E-state index in [0.29, 0.717) is 5.56 Å². The Morgan fingerprint density at radius 1 is 1.77 bits per heavy atom. The number of halogens is 2. The largest absolute Gasteiger partial charge is 0.289 e. The van der Waals surface area contributed by atoms with E-state index in [9.17, 15) is 9.18 Å². The highest BCUT2D eigenvalue weighted by molar-refractivity contribution is 6.33. The van der Waals surface area contributed by atoms with Gasteiger partial charge in [0, 0.05) is 11.8 Å². The number of pyridine rings is 1. The monoisotopic (exact) mass is 203 g/mol. The zero-order chi connectivity index (χ0) is 9.84. The number of nitrogens with one attached hydrogen (secondary N) is 1. The second-order valence-electron chi connectivity index (χ2n) is 2.28. The standard InChI is InChI=1S/C7H7ClFN3O/c8-5-1-4(2-9)3-11-6(5)7(13)12-10/h1,3H,2,10H2,(H,12,13). The summed E-state index contributed by atoms with van der Waals surface area (Å²) in [5.74, 6) is 4.27. The van der Waals surface area contributed by atoms with Crippen molar-refractivity contribution in [2.45, 2.75) is 6.67 Å². The predicted octanol–water partition coefficient (Wildman–Crippen LogP) is 0.808. The van der Waals surface area contributed by atoms with Crippen LogP contribution < -0.4 is 11.3 Å². The van der Waals surface area contributed by atoms with E-state index in [1.807, 2.05) is 5.43 Å². The van der Waals surface area contributed by atoms with Crippen LogP contribution in [0, 0.1) is 0 Å². The van der Waals surface area contributed by atoms with E-state index >= 15 is 0 Å². The van der Waals surface area contributed by atoms with Crippen LogP contribution in [-0.2, 0) is 6.67 Å². The van der Waals surface area contributed by atoms with Crippen molar-refractivity contribution in [2.24, 2.45) is 5.84 Å². The van der Waals surface area contributed by atoms with Gasteiger partial charge in [0.15, 0.2) is 0 Å². The van der Waals surface area contributed by atoms with Crippen LogP contribution in [0.3, 0.4) is 0 Å². The fourth-order valence-corrected chi connectivity index (χ4v) is 1.06. The normalized spacial score (nSPS) is 9.77. The minimum absolute atomic E-state index is 0.0126. The summed E-state index contributed by atoms with van der Waals surface area (Å²) in [6.07, 6.45) is 1.23. The van der Waals surface area contributed by atoms with Crippen molar-refractivity contribution in [3.05, 3.63) is 28.5 Å². The van der Waals surface area contributed by atoms with E-state index in [1.165, 1.54) is 12.3 Å². The van der Waals surface area contributed by atoms with E-state index in [2.05, 4.69) is 4.98 Å². The van der Waals surface area contributed by atoms with Gasteiger partial charge in [-0.25, -0.2) is 15.2 Å². The molecule has 0 saturated heterocycles. The third-order valence-corrected chi connectivity index (χ3v) is 1.69. The van der Waals surface area contributed by atoms with Crippen LogP contribution >= 0.6 is 11.6 Å². The first-order valence-electron chi connectivity index (χ1n) is 3.40. The van der Waals surface area contributed by atoms with Gasteiger partial charge in [0.25, 0.3) is 5.91 Å². The molecule has 1 heterocycles. The van der Waals surface area contributed by atoms with Crippen molar-refractivity contribution in [2.75, 3.05) is 0 Å². The highest BCUT2D eigenvalue weighted by atomic mass is 35.5. The van der Waals surface area contributed by atoms with E-state index in [1.54, 1.807) is 0 Å². The Kier molecular flexibility index (Phi) is 3.16. The van der Waals surface area contributed by atoms with Gasteiger partial charge in [-0.3, -0.25) is 10.2 Å². The van der Waals surface area contributed by atoms with Gasteiger partial charge >= 0.3 is 0 Å². The molecule has 1 rings (SSSR count). The van der Waals surface area contributed by atoms with Crippen LogP contribution in [0.5, 0.6) is 0 Å². The summed E-state index contributed by atoms with van der Waals surface area (Å²) in [6, 6.07) is 1.33. The first-order valence-corrected chi connectivity index (χ1v) is 3.78. The Morgan fingerprint density at radius 2 is 2.46 bits per heavy atom. The first kappa shape index (κ1) is 9.88. The second-order valence-corrected chi connectivity index (χ2v) is 2.69. The van der Waals surface area contributed by atoms with Crippen molar-refractivity contribution in [3.63, 3.8) is 0 Å². The molecule has 1 aromatic rings. The molecule has 13 heavy (non-hydrogen) atoms. The SMILES string of the molecule is NNC(=O)c1ncc(CF)cc1Cl. The van der Waals surface area contributed by atoms with Crippen molar-refractivity contribution in [3.8, 4) is 0 Å². The van der Waals surface area contributed by atoms with Gasteiger partial charge in [0.05, 0.1) is 5.02 Å². The molecule has 3 N–H and O–H groups in total. The Hall–Kier alpha value is -1.20. The van der Waals surface area contributed by atoms with Crippen molar-refractivity contribution >= 4 is 17.5 Å². The number of carbonyl (C=O) groups is 1. The summed E-state index contributed by atoms with van der Waals surface area (Å²) in [5, 5.41) is 0.0816. The Morgan fingerprint density at radius 3 is 2.92 bits per heavy atom. The zero-order valence-corrected chi connectivity index (χ0v) is 7.31. The lowest BCUT2D eigenvalue weighted by Crippen LogP contribution is -2.31. The van der Waals surface area contributed by atoms with Crippen molar-refractivity contribution in [1.82, 2.24) is 10.4 Å².